The van der Waals surface area contributed by atoms with E-state index >= 15 is 0 Å². The van der Waals surface area contributed by atoms with Crippen molar-refractivity contribution in [2.45, 2.75) is 59.0 Å². The Labute approximate surface area is 123 Å². The van der Waals surface area contributed by atoms with Crippen molar-refractivity contribution in [3.05, 3.63) is 34.9 Å². The molecule has 0 saturated heterocycles. The zero-order chi connectivity index (χ0) is 16.0. The lowest BCUT2D eigenvalue weighted by Gasteiger charge is -2.21. The average Bonchev–Trinajstić information content (AvgIpc) is 2.36. The number of aliphatic hydroxyl groups excluding tert-OH is 1. The number of aliphatic hydroxyl groups is 1. The molecule has 1 aromatic rings. The van der Waals surface area contributed by atoms with Crippen molar-refractivity contribution in [1.82, 2.24) is 0 Å². The largest absolute Gasteiger partial charge is 0.460 e. The van der Waals surface area contributed by atoms with Gasteiger partial charge in [0.25, 0.3) is 0 Å². The highest BCUT2D eigenvalue weighted by atomic mass is 16.6. The first-order valence-electron chi connectivity index (χ1n) is 7.51. The summed E-state index contributed by atoms with van der Waals surface area (Å²) in [7, 11) is 0. The van der Waals surface area contributed by atoms with Gasteiger partial charge < -0.3 is 9.85 Å². The number of hydrogen-bond acceptors (Lipinski definition) is 3. The van der Waals surface area contributed by atoms with Crippen LogP contribution in [0.2, 0.25) is 0 Å². The Morgan fingerprint density at radius 2 is 2.05 bits per heavy atom. The zero-order valence-electron chi connectivity index (χ0n) is 14.2. The van der Waals surface area contributed by atoms with Crippen LogP contribution in [0.1, 0.15) is 56.2 Å². The first kappa shape index (κ1) is 15.0. The maximum atomic E-state index is 11.8. The van der Waals surface area contributed by atoms with Crippen LogP contribution >= 0.6 is 0 Å². The van der Waals surface area contributed by atoms with E-state index < -0.39 is 5.60 Å². The summed E-state index contributed by atoms with van der Waals surface area (Å²) in [5.74, 6) is -0.171. The predicted octanol–water partition coefficient (Wildman–Crippen LogP) is 3.50. The smallest absolute Gasteiger partial charge is 0.306 e. The number of carbonyl (C=O) groups is 1. The summed E-state index contributed by atoms with van der Waals surface area (Å²) < 4.78 is 12.3. The molecule has 0 bridgehead atoms. The van der Waals surface area contributed by atoms with E-state index in [9.17, 15) is 4.79 Å². The lowest BCUT2D eigenvalue weighted by atomic mass is 9.92. The van der Waals surface area contributed by atoms with Crippen molar-refractivity contribution in [3.8, 4) is 0 Å². The maximum absolute atomic E-state index is 11.8. The quantitative estimate of drug-likeness (QED) is 0.811. The van der Waals surface area contributed by atoms with E-state index in [1.54, 1.807) is 0 Å². The van der Waals surface area contributed by atoms with Gasteiger partial charge in [0.1, 0.15) is 5.60 Å². The molecule has 0 spiro atoms. The van der Waals surface area contributed by atoms with Gasteiger partial charge in [-0.25, -0.2) is 0 Å². The van der Waals surface area contributed by atoms with Crippen LogP contribution in [0, 0.1) is 13.8 Å². The van der Waals surface area contributed by atoms with Crippen LogP contribution < -0.4 is 0 Å². The normalized spacial score (nSPS) is 13.8. The molecule has 0 unspecified atom stereocenters. The van der Waals surface area contributed by atoms with E-state index in [1.165, 1.54) is 11.1 Å². The molecule has 112 valence electrons. The number of carbonyl (C=O) groups excluding carboxylic acids is 1. The molecule has 1 atom stereocenters. The van der Waals surface area contributed by atoms with Crippen molar-refractivity contribution < 1.29 is 14.6 Å². The Bertz CT molecular complexity index is 477. The second-order valence-electron chi connectivity index (χ2n) is 6.33. The molecule has 0 aliphatic rings. The zero-order valence-corrected chi connectivity index (χ0v) is 13.2. The van der Waals surface area contributed by atoms with Crippen LogP contribution in [0.25, 0.3) is 0 Å². The molecule has 3 heteroatoms. The fourth-order valence-corrected chi connectivity index (χ4v) is 2.05. The highest BCUT2D eigenvalue weighted by Gasteiger charge is 2.18. The Kier molecular flexibility index (Phi) is 5.18. The second kappa shape index (κ2) is 6.89. The summed E-state index contributed by atoms with van der Waals surface area (Å²) in [4.78, 5) is 11.8. The van der Waals surface area contributed by atoms with Crippen LogP contribution in [0.3, 0.4) is 0 Å². The summed E-state index contributed by atoms with van der Waals surface area (Å²) in [6.07, 6.45) is 0.953. The number of hydrogen-bond donors (Lipinski definition) is 1. The third-order valence-electron chi connectivity index (χ3n) is 3.32. The first-order valence-corrected chi connectivity index (χ1v) is 7.10. The average molecular weight is 280 g/mol. The Balaban J connectivity index is 2.69. The Hall–Kier alpha value is -1.35. The molecule has 0 fully saturated rings. The van der Waals surface area contributed by atoms with Crippen molar-refractivity contribution in [1.29, 1.82) is 1.43 Å². The highest BCUT2D eigenvalue weighted by Crippen LogP contribution is 2.24. The standard InChI is InChI=1S/C17H26O3/c1-12-6-7-14(10-13(12)2)15(11-18)8-9-16(19)20-17(3,4)5/h6-7,10,15,18H,8-9,11H2,1-5H3/t15-/m1/s1/i18T. The van der Waals surface area contributed by atoms with Crippen LogP contribution in [0.5, 0.6) is 0 Å². The Morgan fingerprint density at radius 1 is 1.35 bits per heavy atom. The molecule has 0 aromatic heterocycles. The predicted molar refractivity (Wildman–Crippen MR) is 80.8 cm³/mol. The van der Waals surface area contributed by atoms with Gasteiger partial charge in [0, 0.05) is 18.9 Å². The third-order valence-corrected chi connectivity index (χ3v) is 3.32. The number of ether oxygens (including phenoxy) is 1. The van der Waals surface area contributed by atoms with Gasteiger partial charge in [-0.15, -0.1) is 0 Å². The molecule has 0 amide bonds. The summed E-state index contributed by atoms with van der Waals surface area (Å²) >= 11 is 0. The van der Waals surface area contributed by atoms with Gasteiger partial charge in [0.05, 0.1) is 0 Å². The molecule has 1 aromatic carbocycles. The molecule has 0 radical (unpaired) electrons. The van der Waals surface area contributed by atoms with Crippen molar-refractivity contribution >= 4 is 5.97 Å². The van der Waals surface area contributed by atoms with Crippen LogP contribution in [-0.4, -0.2) is 24.7 Å². The highest BCUT2D eigenvalue weighted by molar-refractivity contribution is 5.69. The number of aryl methyl sites for hydroxylation is 2. The van der Waals surface area contributed by atoms with E-state index in [-0.39, 0.29) is 18.5 Å². The van der Waals surface area contributed by atoms with Crippen molar-refractivity contribution in [3.63, 3.8) is 0 Å². The summed E-state index contributed by atoms with van der Waals surface area (Å²) in [5, 5.41) is 4.56. The molecule has 0 aliphatic heterocycles. The molecule has 3 nitrogen and oxygen atoms in total. The van der Waals surface area contributed by atoms with E-state index in [1.807, 2.05) is 26.8 Å². The van der Waals surface area contributed by atoms with Crippen LogP contribution in [0.15, 0.2) is 18.2 Å². The van der Waals surface area contributed by atoms with Gasteiger partial charge in [-0.2, -0.15) is 0 Å². The number of benzene rings is 1. The van der Waals surface area contributed by atoms with Gasteiger partial charge in [-0.3, -0.25) is 4.79 Å². The van der Waals surface area contributed by atoms with Gasteiger partial charge in [0.2, 0.25) is 1.43 Å². The molecule has 0 aliphatic carbocycles. The molecular weight excluding hydrogens is 252 g/mol. The minimum atomic E-state index is -0.459. The second-order valence-corrected chi connectivity index (χ2v) is 6.33. The monoisotopic (exact) mass is 280 g/mol. The molecule has 1 rings (SSSR count). The summed E-state index contributed by atoms with van der Waals surface area (Å²) in [6, 6.07) is 6.21. The lowest BCUT2D eigenvalue weighted by molar-refractivity contribution is -0.155. The van der Waals surface area contributed by atoms with E-state index in [0.717, 1.165) is 5.56 Å². The molecule has 0 saturated carbocycles. The molecule has 20 heavy (non-hydrogen) atoms. The topological polar surface area (TPSA) is 46.5 Å². The van der Waals surface area contributed by atoms with E-state index in [4.69, 9.17) is 6.17 Å². The fraction of sp³-hybridized carbons (Fsp3) is 0.588. The van der Waals surface area contributed by atoms with Crippen molar-refractivity contribution in [2.75, 3.05) is 6.61 Å². The Morgan fingerprint density at radius 3 is 2.60 bits per heavy atom. The van der Waals surface area contributed by atoms with Crippen LogP contribution in [0.4, 0.5) is 0 Å². The SMILES string of the molecule is [3H]OC[C@@H](CCC(=O)OC(C)(C)C)c1ccc(C)c(C)c1. The lowest BCUT2D eigenvalue weighted by Crippen LogP contribution is -2.24. The molecular formula is C17H26O3. The fourth-order valence-electron chi connectivity index (χ4n) is 2.05. The van der Waals surface area contributed by atoms with E-state index in [2.05, 4.69) is 31.1 Å². The van der Waals surface area contributed by atoms with E-state index in [0.29, 0.717) is 12.8 Å². The summed E-state index contributed by atoms with van der Waals surface area (Å²) in [5.41, 5.74) is 3.09. The number of esters is 1. The van der Waals surface area contributed by atoms with Gasteiger partial charge in [-0.1, -0.05) is 18.2 Å². The van der Waals surface area contributed by atoms with Gasteiger partial charge in [0.15, 0.2) is 0 Å². The van der Waals surface area contributed by atoms with Crippen molar-refractivity contribution in [2.24, 2.45) is 0 Å². The summed E-state index contributed by atoms with van der Waals surface area (Å²) in [6.45, 7) is 9.99. The molecule has 1 N–H and O–H groups in total. The number of rotatable bonds is 6. The van der Waals surface area contributed by atoms with Crippen LogP contribution in [-0.2, 0) is 9.53 Å². The first-order chi connectivity index (χ1) is 9.73. The van der Waals surface area contributed by atoms with Gasteiger partial charge in [-0.05, 0) is 57.7 Å². The van der Waals surface area contributed by atoms with Gasteiger partial charge >= 0.3 is 5.97 Å². The minimum Gasteiger partial charge on any atom is -0.460 e. The third kappa shape index (κ3) is 5.33. The molecule has 0 heterocycles. The maximum Gasteiger partial charge on any atom is 0.306 e. The minimum absolute atomic E-state index is 0.0364.